The van der Waals surface area contributed by atoms with E-state index in [1.165, 1.54) is 13.4 Å². The smallest absolute Gasteiger partial charge is 0.291 e. The lowest BCUT2D eigenvalue weighted by molar-refractivity contribution is 0.0504. The topological polar surface area (TPSA) is 105 Å². The summed E-state index contributed by atoms with van der Waals surface area (Å²) in [7, 11) is 1.53. The molecule has 4 aromatic rings. The van der Waals surface area contributed by atoms with Crippen LogP contribution in [-0.4, -0.2) is 60.8 Å². The SMILES string of the molecule is COc1cccc(C(=O)Nc2c(C(=O)N3CCN(C(=O)c4ccco4)CC3)oc3ccccc23)c1. The highest BCUT2D eigenvalue weighted by Crippen LogP contribution is 2.32. The van der Waals surface area contributed by atoms with Crippen LogP contribution in [0.2, 0.25) is 0 Å². The molecule has 35 heavy (non-hydrogen) atoms. The average Bonchev–Trinajstić information content (AvgIpc) is 3.57. The molecule has 178 valence electrons. The number of ether oxygens (including phenoxy) is 1. The first-order valence-electron chi connectivity index (χ1n) is 11.1. The van der Waals surface area contributed by atoms with Gasteiger partial charge in [0.2, 0.25) is 5.76 Å². The van der Waals surface area contributed by atoms with Crippen LogP contribution >= 0.6 is 0 Å². The van der Waals surface area contributed by atoms with Gasteiger partial charge >= 0.3 is 0 Å². The van der Waals surface area contributed by atoms with Crippen molar-refractivity contribution >= 4 is 34.4 Å². The average molecular weight is 473 g/mol. The van der Waals surface area contributed by atoms with Gasteiger partial charge in [-0.25, -0.2) is 0 Å². The molecule has 9 heteroatoms. The van der Waals surface area contributed by atoms with E-state index in [2.05, 4.69) is 5.32 Å². The highest BCUT2D eigenvalue weighted by molar-refractivity contribution is 6.14. The van der Waals surface area contributed by atoms with E-state index in [1.54, 1.807) is 64.4 Å². The Kier molecular flexibility index (Phi) is 5.97. The number of para-hydroxylation sites is 1. The van der Waals surface area contributed by atoms with Crippen molar-refractivity contribution in [3.8, 4) is 5.75 Å². The van der Waals surface area contributed by atoms with Crippen molar-refractivity contribution in [3.05, 3.63) is 84.0 Å². The highest BCUT2D eigenvalue weighted by atomic mass is 16.5. The van der Waals surface area contributed by atoms with Crippen molar-refractivity contribution in [2.24, 2.45) is 0 Å². The molecule has 0 radical (unpaired) electrons. The lowest BCUT2D eigenvalue weighted by atomic mass is 10.1. The van der Waals surface area contributed by atoms with Crippen molar-refractivity contribution in [2.75, 3.05) is 38.6 Å². The molecule has 1 N–H and O–H groups in total. The number of carbonyl (C=O) groups is 3. The van der Waals surface area contributed by atoms with Crippen LogP contribution in [0, 0.1) is 0 Å². The molecule has 3 heterocycles. The van der Waals surface area contributed by atoms with Crippen LogP contribution in [0.3, 0.4) is 0 Å². The standard InChI is InChI=1S/C26H23N3O6/c1-33-18-7-4-6-17(16-18)24(30)27-22-19-8-2-3-9-20(19)35-23(22)26(32)29-13-11-28(12-14-29)25(31)21-10-5-15-34-21/h2-10,15-16H,11-14H2,1H3,(H,27,30). The van der Waals surface area contributed by atoms with Crippen LogP contribution in [0.25, 0.3) is 11.0 Å². The third-order valence-corrected chi connectivity index (χ3v) is 5.95. The van der Waals surface area contributed by atoms with E-state index in [1.807, 2.05) is 6.07 Å². The molecule has 0 atom stereocenters. The van der Waals surface area contributed by atoms with Gasteiger partial charge < -0.3 is 28.7 Å². The number of furan rings is 2. The molecule has 2 aromatic heterocycles. The quantitative estimate of drug-likeness (QED) is 0.472. The van der Waals surface area contributed by atoms with E-state index >= 15 is 0 Å². The van der Waals surface area contributed by atoms with E-state index in [-0.39, 0.29) is 23.3 Å². The molecule has 0 saturated carbocycles. The number of amides is 3. The number of rotatable bonds is 5. The Labute approximate surface area is 200 Å². The fraction of sp³-hybridized carbons (Fsp3) is 0.192. The zero-order chi connectivity index (χ0) is 24.4. The number of carbonyl (C=O) groups excluding carboxylic acids is 3. The molecule has 0 spiro atoms. The minimum atomic E-state index is -0.390. The van der Waals surface area contributed by atoms with Gasteiger partial charge in [0, 0.05) is 37.1 Å². The van der Waals surface area contributed by atoms with Gasteiger partial charge in [-0.3, -0.25) is 14.4 Å². The number of nitrogens with one attached hydrogen (secondary N) is 1. The number of piperazine rings is 1. The Bertz CT molecular complexity index is 1380. The Morgan fingerprint density at radius 1 is 0.886 bits per heavy atom. The number of anilines is 1. The number of benzene rings is 2. The number of hydrogen-bond acceptors (Lipinski definition) is 6. The molecule has 9 nitrogen and oxygen atoms in total. The minimum Gasteiger partial charge on any atom is -0.497 e. The molecule has 1 aliphatic rings. The Balaban J connectivity index is 1.37. The molecular formula is C26H23N3O6. The summed E-state index contributed by atoms with van der Waals surface area (Å²) in [5.74, 6) is -0.0893. The Morgan fingerprint density at radius 3 is 2.34 bits per heavy atom. The van der Waals surface area contributed by atoms with E-state index in [4.69, 9.17) is 13.6 Å². The maximum Gasteiger partial charge on any atom is 0.291 e. The van der Waals surface area contributed by atoms with Crippen LogP contribution in [0.15, 0.2) is 75.8 Å². The van der Waals surface area contributed by atoms with E-state index < -0.39 is 5.91 Å². The largest absolute Gasteiger partial charge is 0.497 e. The third-order valence-electron chi connectivity index (χ3n) is 5.95. The summed E-state index contributed by atoms with van der Waals surface area (Å²) in [5.41, 5.74) is 1.19. The first-order valence-corrected chi connectivity index (χ1v) is 11.1. The fourth-order valence-corrected chi connectivity index (χ4v) is 4.08. The Hall–Kier alpha value is -4.53. The summed E-state index contributed by atoms with van der Waals surface area (Å²) in [6.07, 6.45) is 1.45. The van der Waals surface area contributed by atoms with E-state index in [0.29, 0.717) is 54.1 Å². The summed E-state index contributed by atoms with van der Waals surface area (Å²) in [4.78, 5) is 42.3. The zero-order valence-corrected chi connectivity index (χ0v) is 19.0. The van der Waals surface area contributed by atoms with Crippen LogP contribution in [0.5, 0.6) is 5.75 Å². The first kappa shape index (κ1) is 22.3. The molecule has 0 bridgehead atoms. The molecule has 1 saturated heterocycles. The fourth-order valence-electron chi connectivity index (χ4n) is 4.08. The van der Waals surface area contributed by atoms with E-state index in [0.717, 1.165) is 0 Å². The normalized spacial score (nSPS) is 13.6. The summed E-state index contributed by atoms with van der Waals surface area (Å²) >= 11 is 0. The van der Waals surface area contributed by atoms with Crippen LogP contribution in [-0.2, 0) is 0 Å². The number of nitrogens with zero attached hydrogens (tertiary/aromatic N) is 2. The van der Waals surface area contributed by atoms with Gasteiger partial charge in [-0.05, 0) is 42.5 Å². The van der Waals surface area contributed by atoms with Crippen LogP contribution in [0.1, 0.15) is 31.5 Å². The van der Waals surface area contributed by atoms with Crippen molar-refractivity contribution in [3.63, 3.8) is 0 Å². The first-order chi connectivity index (χ1) is 17.0. The van der Waals surface area contributed by atoms with Crippen LogP contribution < -0.4 is 10.1 Å². The summed E-state index contributed by atoms with van der Waals surface area (Å²) in [6, 6.07) is 17.2. The summed E-state index contributed by atoms with van der Waals surface area (Å²) < 4.78 is 16.3. The predicted molar refractivity (Wildman–Crippen MR) is 128 cm³/mol. The predicted octanol–water partition coefficient (Wildman–Crippen LogP) is 3.88. The number of methoxy groups -OCH3 is 1. The van der Waals surface area contributed by atoms with Gasteiger partial charge in [-0.2, -0.15) is 0 Å². The lowest BCUT2D eigenvalue weighted by Crippen LogP contribution is -2.50. The highest BCUT2D eigenvalue weighted by Gasteiger charge is 2.31. The van der Waals surface area contributed by atoms with Gasteiger partial charge in [0.1, 0.15) is 17.0 Å². The minimum absolute atomic E-state index is 0.0493. The molecule has 5 rings (SSSR count). The Morgan fingerprint density at radius 2 is 1.63 bits per heavy atom. The maximum absolute atomic E-state index is 13.5. The van der Waals surface area contributed by atoms with Gasteiger partial charge in [-0.1, -0.05) is 18.2 Å². The van der Waals surface area contributed by atoms with Gasteiger partial charge in [0.05, 0.1) is 13.4 Å². The molecule has 1 fully saturated rings. The second kappa shape index (κ2) is 9.38. The lowest BCUT2D eigenvalue weighted by Gasteiger charge is -2.34. The van der Waals surface area contributed by atoms with Gasteiger partial charge in [0.25, 0.3) is 17.7 Å². The molecule has 0 aliphatic carbocycles. The maximum atomic E-state index is 13.5. The molecule has 3 amide bonds. The summed E-state index contributed by atoms with van der Waals surface area (Å²) in [6.45, 7) is 1.37. The van der Waals surface area contributed by atoms with Gasteiger partial charge in [0.15, 0.2) is 5.76 Å². The zero-order valence-electron chi connectivity index (χ0n) is 19.0. The molecule has 0 unspecified atom stereocenters. The monoisotopic (exact) mass is 473 g/mol. The molecule has 1 aliphatic heterocycles. The third kappa shape index (κ3) is 4.35. The molecular weight excluding hydrogens is 450 g/mol. The van der Waals surface area contributed by atoms with Crippen molar-refractivity contribution < 1.29 is 28.0 Å². The number of hydrogen-bond donors (Lipinski definition) is 1. The van der Waals surface area contributed by atoms with E-state index in [9.17, 15) is 14.4 Å². The van der Waals surface area contributed by atoms with Gasteiger partial charge in [-0.15, -0.1) is 0 Å². The van der Waals surface area contributed by atoms with Crippen molar-refractivity contribution in [1.29, 1.82) is 0 Å². The summed E-state index contributed by atoms with van der Waals surface area (Å²) in [5, 5.41) is 3.48. The van der Waals surface area contributed by atoms with Crippen LogP contribution in [0.4, 0.5) is 5.69 Å². The second-order valence-electron chi connectivity index (χ2n) is 8.05. The molecule has 2 aromatic carbocycles. The van der Waals surface area contributed by atoms with Crippen molar-refractivity contribution in [1.82, 2.24) is 9.80 Å². The number of fused-ring (bicyclic) bond motifs is 1. The second-order valence-corrected chi connectivity index (χ2v) is 8.05. The van der Waals surface area contributed by atoms with Crippen molar-refractivity contribution in [2.45, 2.75) is 0 Å².